The molecular formula is C31H42F2N8O6S. The van der Waals surface area contributed by atoms with E-state index in [0.29, 0.717) is 46.3 Å². The lowest BCUT2D eigenvalue weighted by molar-refractivity contribution is -0.150. The number of nitrogens with two attached hydrogens (primary N) is 1. The minimum absolute atomic E-state index is 0.0473. The molecular weight excluding hydrogens is 650 g/mol. The van der Waals surface area contributed by atoms with Gasteiger partial charge in [-0.2, -0.15) is 14.6 Å². The van der Waals surface area contributed by atoms with Gasteiger partial charge < -0.3 is 30.4 Å². The number of hydrogen-bond donors (Lipinski definition) is 3. The molecule has 1 fully saturated rings. The van der Waals surface area contributed by atoms with Crippen molar-refractivity contribution in [1.29, 1.82) is 0 Å². The highest BCUT2D eigenvalue weighted by Gasteiger charge is 2.22. The fraction of sp³-hybridized carbons (Fsp3) is 0.452. The average Bonchev–Trinajstić information content (AvgIpc) is 3.86. The second-order valence-electron chi connectivity index (χ2n) is 10.2. The molecule has 4 aromatic rings. The van der Waals surface area contributed by atoms with Crippen LogP contribution in [0.3, 0.4) is 0 Å². The van der Waals surface area contributed by atoms with Gasteiger partial charge in [-0.25, -0.2) is 19.0 Å². The van der Waals surface area contributed by atoms with Gasteiger partial charge in [0, 0.05) is 57.6 Å². The first-order valence-electron chi connectivity index (χ1n) is 15.1. The molecule has 1 aliphatic carbocycles. The first kappa shape index (κ1) is 39.7. The molecule has 0 spiro atoms. The first-order valence-corrected chi connectivity index (χ1v) is 15.9. The van der Waals surface area contributed by atoms with Gasteiger partial charge in [-0.1, -0.05) is 19.3 Å². The smallest absolute Gasteiger partial charge is 0.325 e. The van der Waals surface area contributed by atoms with E-state index in [1.54, 1.807) is 46.0 Å². The zero-order chi connectivity index (χ0) is 35.5. The summed E-state index contributed by atoms with van der Waals surface area (Å²) in [5.74, 6) is -1.95. The second kappa shape index (κ2) is 21.4. The number of thiazole rings is 1. The topological polar surface area (TPSA) is 189 Å². The number of aliphatic hydroxyl groups excluding tert-OH is 1. The summed E-state index contributed by atoms with van der Waals surface area (Å²) in [6.07, 6.45) is 11.9. The molecule has 0 aliphatic heterocycles. The fourth-order valence-corrected chi connectivity index (χ4v) is 5.06. The second-order valence-corrected chi connectivity index (χ2v) is 11.0. The van der Waals surface area contributed by atoms with Gasteiger partial charge in [0.25, 0.3) is 0 Å². The molecule has 1 saturated carbocycles. The van der Waals surface area contributed by atoms with Crippen molar-refractivity contribution in [3.63, 3.8) is 0 Å². The molecule has 1 aliphatic rings. The van der Waals surface area contributed by atoms with Crippen molar-refractivity contribution >= 4 is 35.6 Å². The molecule has 4 aromatic heterocycles. The number of nitrogens with zero attached hydrogens (tertiary/aromatic N) is 6. The number of nitrogens with one attached hydrogen (secondary N) is 1. The molecule has 0 aromatic carbocycles. The van der Waals surface area contributed by atoms with Crippen LogP contribution in [0.5, 0.6) is 0 Å². The van der Waals surface area contributed by atoms with E-state index in [1.165, 1.54) is 35.3 Å². The molecule has 5 rings (SSSR count). The van der Waals surface area contributed by atoms with E-state index >= 15 is 0 Å². The molecule has 1 unspecified atom stereocenters. The average molecular weight is 693 g/mol. The van der Waals surface area contributed by atoms with Crippen LogP contribution in [0.2, 0.25) is 0 Å². The van der Waals surface area contributed by atoms with Crippen molar-refractivity contribution in [3.8, 4) is 22.0 Å². The van der Waals surface area contributed by atoms with E-state index in [2.05, 4.69) is 30.2 Å². The number of aromatic nitrogens is 6. The maximum Gasteiger partial charge on any atom is 0.325 e. The number of halogens is 2. The minimum atomic E-state index is -0.966. The van der Waals surface area contributed by atoms with Crippen molar-refractivity contribution in [1.82, 2.24) is 29.5 Å². The van der Waals surface area contributed by atoms with Gasteiger partial charge in [-0.15, -0.1) is 11.3 Å². The maximum absolute atomic E-state index is 13.9. The van der Waals surface area contributed by atoms with Gasteiger partial charge in [0.05, 0.1) is 17.9 Å². The Balaban J connectivity index is 0.000000287. The van der Waals surface area contributed by atoms with Crippen LogP contribution in [0.4, 0.5) is 14.5 Å². The Morgan fingerprint density at radius 3 is 2.46 bits per heavy atom. The van der Waals surface area contributed by atoms with Gasteiger partial charge >= 0.3 is 5.97 Å². The standard InChI is InChI=1S/C15H18F2N4.C12H12N4O4S.2C2H6O/c1-18-12-9-21(10-5-3-2-4-6-10)20-15(12)14-11(16)7-8-13(17)19-14;13-10(1-2-17)12(19)20-7-16-4-8(3-14-16)11-15-9(5-18)6-21-11;1-3-2;1-2-3/h7-10,18H,2-6H2,1H3;2-6,10H,1,7,13H2;1-2H3;3H,2H2,1H3. The number of hydrogen-bond acceptors (Lipinski definition) is 13. The van der Waals surface area contributed by atoms with Gasteiger partial charge in [0.1, 0.15) is 34.4 Å². The Kier molecular flexibility index (Phi) is 17.7. The van der Waals surface area contributed by atoms with Crippen LogP contribution in [0.1, 0.15) is 62.0 Å². The zero-order valence-electron chi connectivity index (χ0n) is 27.3. The lowest BCUT2D eigenvalue weighted by Crippen LogP contribution is -2.33. The number of aldehydes is 2. The third kappa shape index (κ3) is 12.3. The Labute approximate surface area is 281 Å². The molecule has 0 amide bonds. The van der Waals surface area contributed by atoms with E-state index in [0.717, 1.165) is 25.0 Å². The van der Waals surface area contributed by atoms with E-state index in [1.807, 2.05) is 10.9 Å². The molecule has 4 heterocycles. The summed E-state index contributed by atoms with van der Waals surface area (Å²) < 4.78 is 39.6. The fourth-order valence-electron chi connectivity index (χ4n) is 4.32. The molecule has 17 heteroatoms. The Morgan fingerprint density at radius 2 is 1.85 bits per heavy atom. The van der Waals surface area contributed by atoms with Crippen LogP contribution in [0.25, 0.3) is 22.0 Å². The number of ether oxygens (including phenoxy) is 2. The van der Waals surface area contributed by atoms with Crippen molar-refractivity contribution < 1.29 is 37.7 Å². The predicted molar refractivity (Wildman–Crippen MR) is 176 cm³/mol. The van der Waals surface area contributed by atoms with Crippen molar-refractivity contribution in [2.75, 3.05) is 33.2 Å². The van der Waals surface area contributed by atoms with Crippen molar-refractivity contribution in [2.24, 2.45) is 5.73 Å². The van der Waals surface area contributed by atoms with Crippen molar-refractivity contribution in [3.05, 3.63) is 53.6 Å². The zero-order valence-corrected chi connectivity index (χ0v) is 28.2. The van der Waals surface area contributed by atoms with Gasteiger partial charge in [0.2, 0.25) is 5.95 Å². The third-order valence-corrected chi connectivity index (χ3v) is 7.41. The summed E-state index contributed by atoms with van der Waals surface area (Å²) in [7, 11) is 4.99. The maximum atomic E-state index is 13.9. The van der Waals surface area contributed by atoms with Gasteiger partial charge in [0.15, 0.2) is 18.8 Å². The van der Waals surface area contributed by atoms with Crippen LogP contribution >= 0.6 is 11.3 Å². The van der Waals surface area contributed by atoms with E-state index in [-0.39, 0.29) is 25.5 Å². The highest BCUT2D eigenvalue weighted by atomic mass is 32.1. The Morgan fingerprint density at radius 1 is 1.17 bits per heavy atom. The molecule has 0 saturated heterocycles. The van der Waals surface area contributed by atoms with Crippen molar-refractivity contribution in [2.45, 2.75) is 64.3 Å². The first-order chi connectivity index (χ1) is 23.1. The normalized spacial score (nSPS) is 13.0. The van der Waals surface area contributed by atoms with E-state index < -0.39 is 23.8 Å². The summed E-state index contributed by atoms with van der Waals surface area (Å²) in [6.45, 7) is 1.82. The number of pyridine rings is 1. The van der Waals surface area contributed by atoms with Crippen LogP contribution in [0, 0.1) is 11.8 Å². The minimum Gasteiger partial charge on any atom is -0.441 e. The van der Waals surface area contributed by atoms with Crippen LogP contribution in [0.15, 0.2) is 36.1 Å². The molecule has 48 heavy (non-hydrogen) atoms. The number of methoxy groups -OCH3 is 1. The lowest BCUT2D eigenvalue weighted by atomic mass is 9.96. The van der Waals surface area contributed by atoms with Gasteiger partial charge in [-0.05, 0) is 31.9 Å². The summed E-state index contributed by atoms with van der Waals surface area (Å²) >= 11 is 1.31. The molecule has 1 atom stereocenters. The van der Waals surface area contributed by atoms with E-state index in [4.69, 9.17) is 15.6 Å². The number of rotatable bonds is 10. The highest BCUT2D eigenvalue weighted by Crippen LogP contribution is 2.33. The number of carbonyl (C=O) groups is 3. The summed E-state index contributed by atoms with van der Waals surface area (Å²) in [5, 5.41) is 21.3. The lowest BCUT2D eigenvalue weighted by Gasteiger charge is -2.21. The van der Waals surface area contributed by atoms with Crippen LogP contribution < -0.4 is 11.1 Å². The Bertz CT molecular complexity index is 1560. The molecule has 14 nitrogen and oxygen atoms in total. The molecule has 0 radical (unpaired) electrons. The Hall–Kier alpha value is -4.45. The monoisotopic (exact) mass is 692 g/mol. The number of aliphatic hydroxyl groups is 1. The molecule has 0 bridgehead atoms. The van der Waals surface area contributed by atoms with Crippen LogP contribution in [-0.2, 0) is 25.8 Å². The summed E-state index contributed by atoms with van der Waals surface area (Å²) in [4.78, 5) is 40.0. The third-order valence-electron chi connectivity index (χ3n) is 6.50. The number of carbonyl (C=O) groups excluding carboxylic acids is 3. The largest absolute Gasteiger partial charge is 0.441 e. The molecule has 262 valence electrons. The van der Waals surface area contributed by atoms with E-state index in [9.17, 15) is 23.2 Å². The quantitative estimate of drug-likeness (QED) is 0.122. The van der Waals surface area contributed by atoms with Gasteiger partial charge in [-0.3, -0.25) is 14.3 Å². The summed E-state index contributed by atoms with van der Waals surface area (Å²) in [5.41, 5.74) is 7.47. The summed E-state index contributed by atoms with van der Waals surface area (Å²) in [6, 6.07) is 1.45. The highest BCUT2D eigenvalue weighted by molar-refractivity contribution is 7.13. The number of esters is 1. The number of anilines is 1. The molecule has 4 N–H and O–H groups in total. The predicted octanol–water partition coefficient (Wildman–Crippen LogP) is 4.27. The SMILES string of the molecule is CCO.CNc1cn(C2CCCCC2)nc1-c1nc(F)ccc1F.COC.NC(CC=O)C(=O)OCn1cc(-c2nc(C=O)cs2)cn1. The van der Waals surface area contributed by atoms with Crippen LogP contribution in [-0.4, -0.2) is 87.1 Å².